The van der Waals surface area contributed by atoms with E-state index in [1.54, 1.807) is 13.0 Å². The summed E-state index contributed by atoms with van der Waals surface area (Å²) in [6.45, 7) is 1.99. The Kier molecular flexibility index (Phi) is 3.33. The molecule has 1 fully saturated rings. The lowest BCUT2D eigenvalue weighted by Crippen LogP contribution is -2.18. The van der Waals surface area contributed by atoms with E-state index in [1.165, 1.54) is 6.26 Å². The van der Waals surface area contributed by atoms with Gasteiger partial charge in [0, 0.05) is 12.6 Å². The Hall–Kier alpha value is -1.34. The van der Waals surface area contributed by atoms with Gasteiger partial charge in [0.2, 0.25) is 0 Å². The molecule has 1 saturated carbocycles. The third kappa shape index (κ3) is 2.73. The van der Waals surface area contributed by atoms with Crippen LogP contribution in [-0.2, 0) is 12.7 Å². The Labute approximate surface area is 117 Å². The zero-order valence-electron chi connectivity index (χ0n) is 10.8. The van der Waals surface area contributed by atoms with E-state index < -0.39 is 11.9 Å². The van der Waals surface area contributed by atoms with Crippen LogP contribution >= 0.6 is 11.3 Å². The van der Waals surface area contributed by atoms with Crippen LogP contribution in [0.25, 0.3) is 10.8 Å². The highest BCUT2D eigenvalue weighted by Crippen LogP contribution is 2.39. The van der Waals surface area contributed by atoms with Crippen molar-refractivity contribution in [3.8, 4) is 10.8 Å². The molecule has 0 unspecified atom stereocenters. The fourth-order valence-corrected chi connectivity index (χ4v) is 2.99. The summed E-state index contributed by atoms with van der Waals surface area (Å²) in [7, 11) is 0. The van der Waals surface area contributed by atoms with E-state index in [0.29, 0.717) is 11.8 Å². The van der Waals surface area contributed by atoms with E-state index in [0.717, 1.165) is 29.7 Å². The second-order valence-corrected chi connectivity index (χ2v) is 5.96. The quantitative estimate of drug-likeness (QED) is 0.928. The maximum atomic E-state index is 13.0. The van der Waals surface area contributed by atoms with Crippen molar-refractivity contribution in [3.05, 3.63) is 28.5 Å². The maximum absolute atomic E-state index is 13.0. The predicted octanol–water partition coefficient (Wildman–Crippen LogP) is 3.98. The number of alkyl halides is 3. The number of rotatable bonds is 4. The maximum Gasteiger partial charge on any atom is 0.434 e. The van der Waals surface area contributed by atoms with Crippen molar-refractivity contribution in [1.82, 2.24) is 10.3 Å². The summed E-state index contributed by atoms with van der Waals surface area (Å²) in [5, 5.41) is 3.38. The molecule has 3 nitrogen and oxygen atoms in total. The van der Waals surface area contributed by atoms with Gasteiger partial charge in [0.15, 0.2) is 16.5 Å². The molecule has 0 amide bonds. The van der Waals surface area contributed by atoms with E-state index in [1.807, 2.05) is 0 Å². The van der Waals surface area contributed by atoms with Crippen molar-refractivity contribution in [2.45, 2.75) is 38.5 Å². The molecular weight excluding hydrogens is 289 g/mol. The zero-order chi connectivity index (χ0) is 14.3. The minimum Gasteiger partial charge on any atom is -0.462 e. The number of thiazole rings is 1. The molecule has 1 N–H and O–H groups in total. The highest BCUT2D eigenvalue weighted by Gasteiger charge is 2.38. The van der Waals surface area contributed by atoms with Crippen molar-refractivity contribution in [2.75, 3.05) is 0 Å². The first kappa shape index (κ1) is 13.6. The van der Waals surface area contributed by atoms with Crippen molar-refractivity contribution in [1.29, 1.82) is 0 Å². The molecule has 0 radical (unpaired) electrons. The first-order chi connectivity index (χ1) is 9.45. The molecule has 0 atom stereocenters. The second kappa shape index (κ2) is 4.89. The van der Waals surface area contributed by atoms with Gasteiger partial charge in [-0.2, -0.15) is 13.2 Å². The fraction of sp³-hybridized carbons (Fsp3) is 0.462. The van der Waals surface area contributed by atoms with Gasteiger partial charge in [-0.15, -0.1) is 11.3 Å². The average molecular weight is 302 g/mol. The van der Waals surface area contributed by atoms with Crippen LogP contribution in [-0.4, -0.2) is 11.0 Å². The summed E-state index contributed by atoms with van der Waals surface area (Å²) in [6, 6.07) is 2.07. The molecule has 7 heteroatoms. The number of nitrogens with zero attached hydrogens (tertiary/aromatic N) is 1. The van der Waals surface area contributed by atoms with Gasteiger partial charge in [-0.25, -0.2) is 4.98 Å². The van der Waals surface area contributed by atoms with Gasteiger partial charge >= 0.3 is 6.18 Å². The van der Waals surface area contributed by atoms with Crippen molar-refractivity contribution in [3.63, 3.8) is 0 Å². The normalized spacial score (nSPS) is 15.8. The molecule has 3 rings (SSSR count). The second-order valence-electron chi connectivity index (χ2n) is 4.88. The molecule has 2 heterocycles. The lowest BCUT2D eigenvalue weighted by Gasteiger charge is -2.06. The number of hydrogen-bond donors (Lipinski definition) is 1. The summed E-state index contributed by atoms with van der Waals surface area (Å²) in [5.74, 6) is 0.415. The van der Waals surface area contributed by atoms with Gasteiger partial charge < -0.3 is 9.73 Å². The van der Waals surface area contributed by atoms with E-state index in [-0.39, 0.29) is 16.4 Å². The number of hydrogen-bond acceptors (Lipinski definition) is 4. The third-order valence-electron chi connectivity index (χ3n) is 3.15. The zero-order valence-corrected chi connectivity index (χ0v) is 11.6. The number of aromatic nitrogens is 1. The first-order valence-electron chi connectivity index (χ1n) is 6.30. The Bertz CT molecular complexity index is 613. The highest BCUT2D eigenvalue weighted by atomic mass is 32.1. The van der Waals surface area contributed by atoms with Crippen molar-refractivity contribution >= 4 is 11.3 Å². The molecule has 0 spiro atoms. The fourth-order valence-electron chi connectivity index (χ4n) is 1.91. The average Bonchev–Trinajstić information content (AvgIpc) is 2.93. The molecule has 0 aliphatic heterocycles. The van der Waals surface area contributed by atoms with Gasteiger partial charge in [-0.05, 0) is 31.4 Å². The van der Waals surface area contributed by atoms with Gasteiger partial charge in [-0.3, -0.25) is 0 Å². The molecule has 20 heavy (non-hydrogen) atoms. The molecule has 2 aromatic rings. The van der Waals surface area contributed by atoms with E-state index in [9.17, 15) is 13.2 Å². The summed E-state index contributed by atoms with van der Waals surface area (Å²) >= 11 is 1.04. The smallest absolute Gasteiger partial charge is 0.434 e. The Morgan fingerprint density at radius 1 is 1.45 bits per heavy atom. The molecular formula is C13H13F3N2OS. The van der Waals surface area contributed by atoms with Gasteiger partial charge in [-0.1, -0.05) is 0 Å². The molecule has 2 aromatic heterocycles. The van der Waals surface area contributed by atoms with E-state index in [2.05, 4.69) is 10.3 Å². The van der Waals surface area contributed by atoms with Crippen LogP contribution < -0.4 is 5.32 Å². The van der Waals surface area contributed by atoms with Crippen LogP contribution in [0.1, 0.15) is 29.0 Å². The van der Waals surface area contributed by atoms with Gasteiger partial charge in [0.05, 0.1) is 11.1 Å². The van der Waals surface area contributed by atoms with Crippen LogP contribution in [0.2, 0.25) is 0 Å². The summed E-state index contributed by atoms with van der Waals surface area (Å²) < 4.78 is 44.3. The molecule has 0 saturated heterocycles. The predicted molar refractivity (Wildman–Crippen MR) is 69.4 cm³/mol. The molecule has 0 bridgehead atoms. The number of furan rings is 1. The third-order valence-corrected chi connectivity index (χ3v) is 4.20. The number of aryl methyl sites for hydroxylation is 1. The topological polar surface area (TPSA) is 38.1 Å². The summed E-state index contributed by atoms with van der Waals surface area (Å²) in [6.07, 6.45) is -0.911. The minimum absolute atomic E-state index is 0.205. The standard InChI is InChI=1S/C13H13F3N2OS/c1-7-4-5-19-10(7)12-18-11(13(14,15)16)9(20-12)6-17-8-2-3-8/h4-5,8,17H,2-3,6H2,1H3. The minimum atomic E-state index is -4.43. The molecule has 108 valence electrons. The van der Waals surface area contributed by atoms with Gasteiger partial charge in [0.1, 0.15) is 0 Å². The lowest BCUT2D eigenvalue weighted by molar-refractivity contribution is -0.141. The first-order valence-corrected chi connectivity index (χ1v) is 7.11. The van der Waals surface area contributed by atoms with Crippen LogP contribution in [0, 0.1) is 6.92 Å². The Balaban J connectivity index is 1.94. The lowest BCUT2D eigenvalue weighted by atomic mass is 10.3. The Morgan fingerprint density at radius 3 is 2.75 bits per heavy atom. The van der Waals surface area contributed by atoms with Crippen LogP contribution in [0.5, 0.6) is 0 Å². The number of nitrogens with one attached hydrogen (secondary N) is 1. The van der Waals surface area contributed by atoms with Crippen LogP contribution in [0.3, 0.4) is 0 Å². The highest BCUT2D eigenvalue weighted by molar-refractivity contribution is 7.15. The van der Waals surface area contributed by atoms with Crippen molar-refractivity contribution < 1.29 is 17.6 Å². The summed E-state index contributed by atoms with van der Waals surface area (Å²) in [5.41, 5.74) is -0.0179. The largest absolute Gasteiger partial charge is 0.462 e. The number of halogens is 3. The van der Waals surface area contributed by atoms with E-state index in [4.69, 9.17) is 4.42 Å². The monoisotopic (exact) mass is 302 g/mol. The Morgan fingerprint density at radius 2 is 2.20 bits per heavy atom. The van der Waals surface area contributed by atoms with Crippen molar-refractivity contribution in [2.24, 2.45) is 0 Å². The van der Waals surface area contributed by atoms with Gasteiger partial charge in [0.25, 0.3) is 0 Å². The van der Waals surface area contributed by atoms with Crippen LogP contribution in [0.15, 0.2) is 16.7 Å². The molecule has 1 aliphatic rings. The van der Waals surface area contributed by atoms with E-state index >= 15 is 0 Å². The SMILES string of the molecule is Cc1ccoc1-c1nc(C(F)(F)F)c(CNC2CC2)s1. The molecule has 1 aliphatic carbocycles. The van der Waals surface area contributed by atoms with Crippen LogP contribution in [0.4, 0.5) is 13.2 Å². The summed E-state index contributed by atoms with van der Waals surface area (Å²) in [4.78, 5) is 3.96. The molecule has 0 aromatic carbocycles.